The molecule has 2 unspecified atom stereocenters. The number of rotatable bonds is 1. The number of hydrogen-bond acceptors (Lipinski definition) is 3. The highest BCUT2D eigenvalue weighted by Crippen LogP contribution is 2.18. The molecule has 2 N–H and O–H groups in total. The van der Waals surface area contributed by atoms with Crippen LogP contribution in [0.15, 0.2) is 0 Å². The highest BCUT2D eigenvalue weighted by Gasteiger charge is 2.30. The van der Waals surface area contributed by atoms with Crippen LogP contribution >= 0.6 is 12.2 Å². The Kier molecular flexibility index (Phi) is 4.40. The van der Waals surface area contributed by atoms with Crippen molar-refractivity contribution in [3.05, 3.63) is 0 Å². The van der Waals surface area contributed by atoms with Crippen LogP contribution < -0.4 is 5.73 Å². The smallest absolute Gasteiger partial charge is 0.320 e. The minimum absolute atomic E-state index is 0.103. The molecule has 2 heterocycles. The first-order valence-corrected chi connectivity index (χ1v) is 6.93. The zero-order valence-corrected chi connectivity index (χ0v) is 11.6. The van der Waals surface area contributed by atoms with E-state index in [0.29, 0.717) is 30.6 Å². The van der Waals surface area contributed by atoms with Gasteiger partial charge in [0.25, 0.3) is 0 Å². The first-order chi connectivity index (χ1) is 8.58. The van der Waals surface area contributed by atoms with Crippen LogP contribution in [-0.2, 0) is 4.74 Å². The molecule has 18 heavy (non-hydrogen) atoms. The summed E-state index contributed by atoms with van der Waals surface area (Å²) >= 11 is 4.93. The van der Waals surface area contributed by atoms with E-state index in [4.69, 9.17) is 22.7 Å². The summed E-state index contributed by atoms with van der Waals surface area (Å²) < 4.78 is 5.45. The number of likely N-dealkylation sites (tertiary alicyclic amines) is 1. The molecular formula is C12H21N3O2S. The highest BCUT2D eigenvalue weighted by molar-refractivity contribution is 7.80. The van der Waals surface area contributed by atoms with Crippen LogP contribution in [0.4, 0.5) is 4.79 Å². The molecule has 2 atom stereocenters. The lowest BCUT2D eigenvalue weighted by Gasteiger charge is -2.38. The summed E-state index contributed by atoms with van der Waals surface area (Å²) in [6, 6.07) is 0.103. The molecule has 0 aromatic heterocycles. The molecule has 6 heteroatoms. The quantitative estimate of drug-likeness (QED) is 0.718. The third-order valence-corrected chi connectivity index (χ3v) is 3.84. The fourth-order valence-corrected chi connectivity index (χ4v) is 2.70. The second kappa shape index (κ2) is 5.84. The maximum absolute atomic E-state index is 12.4. The van der Waals surface area contributed by atoms with Gasteiger partial charge in [0, 0.05) is 19.6 Å². The average molecular weight is 271 g/mol. The molecule has 0 radical (unpaired) electrons. The summed E-state index contributed by atoms with van der Waals surface area (Å²) in [5, 5.41) is 0. The summed E-state index contributed by atoms with van der Waals surface area (Å²) in [6.45, 7) is 5.53. The molecular weight excluding hydrogens is 250 g/mol. The highest BCUT2D eigenvalue weighted by atomic mass is 32.1. The first kappa shape index (κ1) is 13.5. The van der Waals surface area contributed by atoms with Gasteiger partial charge >= 0.3 is 6.03 Å². The number of hydrogen-bond donors (Lipinski definition) is 1. The molecule has 0 aromatic rings. The van der Waals surface area contributed by atoms with Crippen molar-refractivity contribution in [3.63, 3.8) is 0 Å². The van der Waals surface area contributed by atoms with E-state index in [-0.39, 0.29) is 12.1 Å². The van der Waals surface area contributed by atoms with E-state index in [1.807, 2.05) is 9.80 Å². The lowest BCUT2D eigenvalue weighted by Crippen LogP contribution is -2.55. The zero-order valence-electron chi connectivity index (χ0n) is 10.8. The summed E-state index contributed by atoms with van der Waals surface area (Å²) in [7, 11) is 0. The van der Waals surface area contributed by atoms with Gasteiger partial charge in [-0.3, -0.25) is 0 Å². The summed E-state index contributed by atoms with van der Waals surface area (Å²) in [6.07, 6.45) is 2.01. The van der Waals surface area contributed by atoms with Crippen molar-refractivity contribution < 1.29 is 9.53 Å². The van der Waals surface area contributed by atoms with E-state index in [1.165, 1.54) is 6.42 Å². The van der Waals surface area contributed by atoms with Gasteiger partial charge < -0.3 is 20.3 Å². The minimum atomic E-state index is -0.292. The largest absolute Gasteiger partial charge is 0.391 e. The van der Waals surface area contributed by atoms with Crippen LogP contribution in [0.1, 0.15) is 19.8 Å². The van der Waals surface area contributed by atoms with Gasteiger partial charge in [-0.25, -0.2) is 4.79 Å². The number of morpholine rings is 1. The molecule has 0 aromatic carbocycles. The number of thiocarbonyl (C=S) groups is 1. The number of carbonyl (C=O) groups excluding carboxylic acids is 1. The van der Waals surface area contributed by atoms with Gasteiger partial charge in [0.15, 0.2) is 0 Å². The standard InChI is InChI=1S/C12H21N3O2S/c1-9-3-2-4-14(7-9)12(16)15-5-6-17-10(8-15)11(13)18/h9-10H,2-8H2,1H3,(H2,13,18). The van der Waals surface area contributed by atoms with Crippen LogP contribution in [0.3, 0.4) is 0 Å². The van der Waals surface area contributed by atoms with E-state index in [9.17, 15) is 4.79 Å². The van der Waals surface area contributed by atoms with Crippen LogP contribution in [-0.4, -0.2) is 59.7 Å². The van der Waals surface area contributed by atoms with Crippen molar-refractivity contribution in [2.45, 2.75) is 25.9 Å². The maximum Gasteiger partial charge on any atom is 0.320 e. The van der Waals surface area contributed by atoms with Gasteiger partial charge in [-0.2, -0.15) is 0 Å². The Hall–Kier alpha value is -0.880. The number of carbonyl (C=O) groups is 1. The molecule has 2 aliphatic rings. The molecule has 102 valence electrons. The van der Waals surface area contributed by atoms with Gasteiger partial charge in [-0.05, 0) is 18.8 Å². The Labute approximate surface area is 113 Å². The van der Waals surface area contributed by atoms with Crippen LogP contribution in [0.2, 0.25) is 0 Å². The maximum atomic E-state index is 12.4. The van der Waals surface area contributed by atoms with E-state index in [0.717, 1.165) is 19.5 Å². The Morgan fingerprint density at radius 3 is 2.72 bits per heavy atom. The zero-order chi connectivity index (χ0) is 13.1. The van der Waals surface area contributed by atoms with Gasteiger partial charge in [-0.15, -0.1) is 0 Å². The van der Waals surface area contributed by atoms with Crippen molar-refractivity contribution in [2.24, 2.45) is 11.7 Å². The lowest BCUT2D eigenvalue weighted by atomic mass is 10.0. The molecule has 2 aliphatic heterocycles. The molecule has 0 spiro atoms. The molecule has 0 saturated carbocycles. The van der Waals surface area contributed by atoms with Crippen LogP contribution in [0.5, 0.6) is 0 Å². The number of nitrogens with zero attached hydrogens (tertiary/aromatic N) is 2. The van der Waals surface area contributed by atoms with Crippen molar-refractivity contribution in [1.82, 2.24) is 9.80 Å². The third-order valence-electron chi connectivity index (χ3n) is 3.58. The first-order valence-electron chi connectivity index (χ1n) is 6.52. The number of ether oxygens (including phenoxy) is 1. The summed E-state index contributed by atoms with van der Waals surface area (Å²) in [5.41, 5.74) is 5.58. The SMILES string of the molecule is CC1CCCN(C(=O)N2CCOC(C(N)=S)C2)C1. The van der Waals surface area contributed by atoms with E-state index < -0.39 is 0 Å². The van der Waals surface area contributed by atoms with Crippen molar-refractivity contribution in [1.29, 1.82) is 0 Å². The molecule has 0 bridgehead atoms. The van der Waals surface area contributed by atoms with Crippen LogP contribution in [0, 0.1) is 5.92 Å². The van der Waals surface area contributed by atoms with Crippen molar-refractivity contribution in [3.8, 4) is 0 Å². The second-order valence-corrected chi connectivity index (χ2v) is 5.66. The summed E-state index contributed by atoms with van der Waals surface area (Å²) in [5.74, 6) is 0.593. The lowest BCUT2D eigenvalue weighted by molar-refractivity contribution is 0.0129. The molecule has 2 amide bonds. The van der Waals surface area contributed by atoms with E-state index >= 15 is 0 Å². The third kappa shape index (κ3) is 3.11. The second-order valence-electron chi connectivity index (χ2n) is 5.18. The predicted molar refractivity (Wildman–Crippen MR) is 73.5 cm³/mol. The molecule has 2 fully saturated rings. The van der Waals surface area contributed by atoms with Gasteiger partial charge in [0.05, 0.1) is 13.2 Å². The molecule has 5 nitrogen and oxygen atoms in total. The fourth-order valence-electron chi connectivity index (χ4n) is 2.56. The minimum Gasteiger partial charge on any atom is -0.391 e. The Morgan fingerprint density at radius 1 is 1.33 bits per heavy atom. The van der Waals surface area contributed by atoms with Crippen LogP contribution in [0.25, 0.3) is 0 Å². The Bertz CT molecular complexity index is 337. The summed E-state index contributed by atoms with van der Waals surface area (Å²) in [4.78, 5) is 16.5. The van der Waals surface area contributed by atoms with Gasteiger partial charge in [-0.1, -0.05) is 19.1 Å². The molecule has 2 rings (SSSR count). The van der Waals surface area contributed by atoms with Gasteiger partial charge in [0.2, 0.25) is 0 Å². The Balaban J connectivity index is 1.93. The van der Waals surface area contributed by atoms with Crippen molar-refractivity contribution >= 4 is 23.2 Å². The number of urea groups is 1. The number of amides is 2. The molecule has 2 saturated heterocycles. The topological polar surface area (TPSA) is 58.8 Å². The number of piperidine rings is 1. The number of nitrogens with two attached hydrogens (primary N) is 1. The Morgan fingerprint density at radius 2 is 2.06 bits per heavy atom. The van der Waals surface area contributed by atoms with E-state index in [1.54, 1.807) is 0 Å². The van der Waals surface area contributed by atoms with Crippen molar-refractivity contribution in [2.75, 3.05) is 32.8 Å². The van der Waals surface area contributed by atoms with E-state index in [2.05, 4.69) is 6.92 Å². The molecule has 0 aliphatic carbocycles. The monoisotopic (exact) mass is 271 g/mol. The predicted octanol–water partition coefficient (Wildman–Crippen LogP) is 0.825. The normalized spacial score (nSPS) is 29.2. The van der Waals surface area contributed by atoms with Gasteiger partial charge in [0.1, 0.15) is 11.1 Å². The average Bonchev–Trinajstić information content (AvgIpc) is 2.38. The fraction of sp³-hybridized carbons (Fsp3) is 0.833.